The Labute approximate surface area is 88.4 Å². The van der Waals surface area contributed by atoms with E-state index in [1.165, 1.54) is 0 Å². The van der Waals surface area contributed by atoms with Crippen LogP contribution in [0.3, 0.4) is 0 Å². The Kier molecular flexibility index (Phi) is 2.42. The first-order valence-electron chi connectivity index (χ1n) is 4.28. The van der Waals surface area contributed by atoms with Crippen molar-refractivity contribution in [1.29, 1.82) is 0 Å². The number of hydrogen-bond acceptors (Lipinski definition) is 5. The van der Waals surface area contributed by atoms with E-state index < -0.39 is 20.5 Å². The third kappa shape index (κ3) is 1.67. The van der Waals surface area contributed by atoms with Gasteiger partial charge in [-0.3, -0.25) is 0 Å². The van der Waals surface area contributed by atoms with E-state index in [1.54, 1.807) is 0 Å². The quantitative estimate of drug-likeness (QED) is 0.744. The molecule has 0 spiro atoms. The predicted octanol–water partition coefficient (Wildman–Crippen LogP) is -0.325. The molecule has 1 aromatic rings. The highest BCUT2D eigenvalue weighted by atomic mass is 32.2. The minimum absolute atomic E-state index is 0.189. The molecule has 0 saturated heterocycles. The van der Waals surface area contributed by atoms with Crippen molar-refractivity contribution in [1.82, 2.24) is 20.1 Å². The summed E-state index contributed by atoms with van der Waals surface area (Å²) < 4.78 is 59.7. The van der Waals surface area contributed by atoms with E-state index in [-0.39, 0.29) is 12.4 Å². The van der Waals surface area contributed by atoms with Crippen LogP contribution in [-0.4, -0.2) is 35.2 Å². The SMILES string of the molecule is O=S(=O)(c1nc2n(n1)CCNC2)C(F)(F)F. The van der Waals surface area contributed by atoms with Crippen LogP contribution in [-0.2, 0) is 22.9 Å². The fraction of sp³-hybridized carbons (Fsp3) is 0.667. The molecule has 6 nitrogen and oxygen atoms in total. The van der Waals surface area contributed by atoms with E-state index >= 15 is 0 Å². The molecule has 1 aliphatic heterocycles. The first kappa shape index (κ1) is 11.3. The van der Waals surface area contributed by atoms with Gasteiger partial charge in [0.25, 0.3) is 5.16 Å². The molecule has 0 aromatic carbocycles. The minimum Gasteiger partial charge on any atom is -0.308 e. The maximum Gasteiger partial charge on any atom is 0.505 e. The predicted molar refractivity (Wildman–Crippen MR) is 45.0 cm³/mol. The van der Waals surface area contributed by atoms with Crippen LogP contribution < -0.4 is 5.32 Å². The third-order valence-corrected chi connectivity index (χ3v) is 3.32. The first-order chi connectivity index (χ1) is 7.32. The summed E-state index contributed by atoms with van der Waals surface area (Å²) in [6.07, 6.45) is 0. The molecule has 0 saturated carbocycles. The van der Waals surface area contributed by atoms with Gasteiger partial charge in [0, 0.05) is 6.54 Å². The molecule has 0 atom stereocenters. The number of hydrogen-bond donors (Lipinski definition) is 1. The second-order valence-electron chi connectivity index (χ2n) is 3.16. The van der Waals surface area contributed by atoms with Crippen molar-refractivity contribution in [2.24, 2.45) is 0 Å². The summed E-state index contributed by atoms with van der Waals surface area (Å²) in [5.74, 6) is 0.189. The fourth-order valence-corrected chi connectivity index (χ4v) is 1.90. The smallest absolute Gasteiger partial charge is 0.308 e. The lowest BCUT2D eigenvalue weighted by Gasteiger charge is -2.11. The van der Waals surface area contributed by atoms with Crippen LogP contribution in [0.25, 0.3) is 0 Å². The average molecular weight is 256 g/mol. The van der Waals surface area contributed by atoms with E-state index in [0.29, 0.717) is 13.1 Å². The summed E-state index contributed by atoms with van der Waals surface area (Å²) >= 11 is 0. The first-order valence-corrected chi connectivity index (χ1v) is 5.76. The van der Waals surface area contributed by atoms with Gasteiger partial charge < -0.3 is 5.32 Å². The fourth-order valence-electron chi connectivity index (χ4n) is 1.26. The largest absolute Gasteiger partial charge is 0.505 e. The molecule has 1 N–H and O–H groups in total. The maximum atomic E-state index is 12.2. The van der Waals surface area contributed by atoms with Gasteiger partial charge in [-0.05, 0) is 0 Å². The molecular weight excluding hydrogens is 249 g/mol. The summed E-state index contributed by atoms with van der Waals surface area (Å²) in [6, 6.07) is 0. The van der Waals surface area contributed by atoms with E-state index in [2.05, 4.69) is 15.4 Å². The van der Waals surface area contributed by atoms with Crippen molar-refractivity contribution in [2.45, 2.75) is 23.8 Å². The van der Waals surface area contributed by atoms with Crippen LogP contribution in [0.2, 0.25) is 0 Å². The summed E-state index contributed by atoms with van der Waals surface area (Å²) in [6.45, 7) is 1.03. The lowest BCUT2D eigenvalue weighted by atomic mass is 10.4. The lowest BCUT2D eigenvalue weighted by Crippen LogP contribution is -2.28. The van der Waals surface area contributed by atoms with Crippen molar-refractivity contribution in [3.05, 3.63) is 5.82 Å². The number of nitrogens with one attached hydrogen (secondary N) is 1. The molecule has 16 heavy (non-hydrogen) atoms. The van der Waals surface area contributed by atoms with Gasteiger partial charge in [0.05, 0.1) is 13.1 Å². The van der Waals surface area contributed by atoms with E-state index in [9.17, 15) is 21.6 Å². The Bertz CT molecular complexity index is 483. The highest BCUT2D eigenvalue weighted by Gasteiger charge is 2.50. The van der Waals surface area contributed by atoms with Crippen LogP contribution in [0, 0.1) is 0 Å². The second-order valence-corrected chi connectivity index (χ2v) is 4.99. The Morgan fingerprint density at radius 3 is 2.62 bits per heavy atom. The summed E-state index contributed by atoms with van der Waals surface area (Å²) in [5, 5.41) is 5.01. The number of aromatic nitrogens is 3. The molecule has 0 unspecified atom stereocenters. The van der Waals surface area contributed by atoms with Gasteiger partial charge in [0.15, 0.2) is 0 Å². The molecule has 0 radical (unpaired) electrons. The van der Waals surface area contributed by atoms with Crippen molar-refractivity contribution in [2.75, 3.05) is 6.54 Å². The lowest BCUT2D eigenvalue weighted by molar-refractivity contribution is -0.0440. The Morgan fingerprint density at radius 2 is 2.06 bits per heavy atom. The zero-order valence-corrected chi connectivity index (χ0v) is 8.64. The molecule has 0 fully saturated rings. The molecule has 1 aliphatic rings. The Balaban J connectivity index is 2.46. The van der Waals surface area contributed by atoms with Crippen LogP contribution in [0.5, 0.6) is 0 Å². The normalized spacial score (nSPS) is 17.2. The molecule has 10 heteroatoms. The molecule has 0 amide bonds. The van der Waals surface area contributed by atoms with E-state index in [4.69, 9.17) is 0 Å². The number of fused-ring (bicyclic) bond motifs is 1. The number of alkyl halides is 3. The van der Waals surface area contributed by atoms with Gasteiger partial charge in [-0.2, -0.15) is 13.2 Å². The second kappa shape index (κ2) is 3.42. The van der Waals surface area contributed by atoms with Gasteiger partial charge in [-0.1, -0.05) is 0 Å². The summed E-state index contributed by atoms with van der Waals surface area (Å²) in [5.41, 5.74) is -5.36. The monoisotopic (exact) mass is 256 g/mol. The number of nitrogens with zero attached hydrogens (tertiary/aromatic N) is 3. The topological polar surface area (TPSA) is 76.9 Å². The van der Waals surface area contributed by atoms with Gasteiger partial charge in [0.2, 0.25) is 0 Å². The molecular formula is C6H7F3N4O2S. The third-order valence-electron chi connectivity index (χ3n) is 2.06. The number of halogens is 3. The van der Waals surface area contributed by atoms with Crippen molar-refractivity contribution >= 4 is 9.84 Å². The zero-order valence-electron chi connectivity index (χ0n) is 7.82. The van der Waals surface area contributed by atoms with Gasteiger partial charge in [0.1, 0.15) is 5.82 Å². The van der Waals surface area contributed by atoms with Crippen LogP contribution >= 0.6 is 0 Å². The molecule has 0 bridgehead atoms. The maximum absolute atomic E-state index is 12.2. The number of rotatable bonds is 1. The summed E-state index contributed by atoms with van der Waals surface area (Å²) in [4.78, 5) is 3.37. The van der Waals surface area contributed by atoms with Crippen LogP contribution in [0.15, 0.2) is 5.16 Å². The molecule has 90 valence electrons. The minimum atomic E-state index is -5.44. The average Bonchev–Trinajstić information content (AvgIpc) is 2.59. The van der Waals surface area contributed by atoms with Crippen molar-refractivity contribution in [3.63, 3.8) is 0 Å². The highest BCUT2D eigenvalue weighted by molar-refractivity contribution is 7.92. The number of sulfone groups is 1. The summed E-state index contributed by atoms with van der Waals surface area (Å²) in [7, 11) is -5.44. The standard InChI is InChI=1S/C6H7F3N4O2S/c7-6(8,9)16(14,15)5-11-4-3-10-1-2-13(4)12-5/h10H,1-3H2. The van der Waals surface area contributed by atoms with Gasteiger partial charge in [-0.15, -0.1) is 5.10 Å². The van der Waals surface area contributed by atoms with E-state index in [1.807, 2.05) is 0 Å². The van der Waals surface area contributed by atoms with E-state index in [0.717, 1.165) is 4.68 Å². The van der Waals surface area contributed by atoms with Crippen LogP contribution in [0.1, 0.15) is 5.82 Å². The molecule has 1 aromatic heterocycles. The highest BCUT2D eigenvalue weighted by Crippen LogP contribution is 2.28. The molecule has 2 heterocycles. The Hall–Kier alpha value is -1.16. The Morgan fingerprint density at radius 1 is 1.38 bits per heavy atom. The zero-order chi connectivity index (χ0) is 12.0. The van der Waals surface area contributed by atoms with Gasteiger partial charge >= 0.3 is 15.3 Å². The van der Waals surface area contributed by atoms with Gasteiger partial charge in [-0.25, -0.2) is 18.1 Å². The van der Waals surface area contributed by atoms with Crippen LogP contribution in [0.4, 0.5) is 13.2 Å². The molecule has 0 aliphatic carbocycles. The van der Waals surface area contributed by atoms with Crippen molar-refractivity contribution in [3.8, 4) is 0 Å². The molecule has 2 rings (SSSR count). The van der Waals surface area contributed by atoms with Crippen molar-refractivity contribution < 1.29 is 21.6 Å².